The van der Waals surface area contributed by atoms with Crippen LogP contribution in [0.1, 0.15) is 29.6 Å². The molecule has 0 bridgehead atoms. The predicted octanol–water partition coefficient (Wildman–Crippen LogP) is 2.04. The summed E-state index contributed by atoms with van der Waals surface area (Å²) in [7, 11) is -3.26. The van der Waals surface area contributed by atoms with Gasteiger partial charge in [0.05, 0.1) is 6.26 Å². The lowest BCUT2D eigenvalue weighted by Gasteiger charge is -2.23. The number of rotatable bonds is 4. The van der Waals surface area contributed by atoms with E-state index in [2.05, 4.69) is 4.72 Å². The van der Waals surface area contributed by atoms with Crippen LogP contribution in [0.5, 0.6) is 0 Å². The molecule has 17 heavy (non-hydrogen) atoms. The highest BCUT2D eigenvalue weighted by Gasteiger charge is 2.25. The lowest BCUT2D eigenvalue weighted by Crippen LogP contribution is -2.21. The number of anilines is 1. The first kappa shape index (κ1) is 12.1. The van der Waals surface area contributed by atoms with E-state index >= 15 is 0 Å². The van der Waals surface area contributed by atoms with Gasteiger partial charge in [0.25, 0.3) is 0 Å². The molecule has 1 saturated carbocycles. The van der Waals surface area contributed by atoms with E-state index in [0.717, 1.165) is 25.5 Å². The van der Waals surface area contributed by atoms with Gasteiger partial charge in [-0.15, -0.1) is 0 Å². The zero-order chi connectivity index (χ0) is 12.5. The maximum Gasteiger partial charge on any atom is 0.229 e. The molecule has 2 rings (SSSR count). The zero-order valence-corrected chi connectivity index (χ0v) is 10.5. The molecular formula is C12H15NO3S. The molecule has 0 unspecified atom stereocenters. The number of benzene rings is 1. The Morgan fingerprint density at radius 1 is 1.24 bits per heavy atom. The van der Waals surface area contributed by atoms with Crippen molar-refractivity contribution in [1.82, 2.24) is 0 Å². The summed E-state index contributed by atoms with van der Waals surface area (Å²) in [6.07, 6.45) is 4.18. The average Bonchev–Trinajstić information content (AvgIpc) is 2.13. The Bertz CT molecular complexity index is 515. The molecule has 1 aromatic rings. The topological polar surface area (TPSA) is 63.2 Å². The van der Waals surface area contributed by atoms with E-state index in [1.807, 2.05) is 0 Å². The van der Waals surface area contributed by atoms with Gasteiger partial charge in [0, 0.05) is 17.2 Å². The first-order valence-electron chi connectivity index (χ1n) is 5.58. The second-order valence-corrected chi connectivity index (χ2v) is 6.19. The van der Waals surface area contributed by atoms with Crippen LogP contribution in [0, 0.1) is 5.92 Å². The Morgan fingerprint density at radius 2 is 1.82 bits per heavy atom. The minimum absolute atomic E-state index is 0.169. The monoisotopic (exact) mass is 253 g/mol. The van der Waals surface area contributed by atoms with E-state index in [1.54, 1.807) is 24.3 Å². The van der Waals surface area contributed by atoms with Gasteiger partial charge in [0.1, 0.15) is 0 Å². The summed E-state index contributed by atoms with van der Waals surface area (Å²) in [6, 6.07) is 6.59. The van der Waals surface area contributed by atoms with Gasteiger partial charge in [-0.25, -0.2) is 8.42 Å². The molecular weight excluding hydrogens is 238 g/mol. The van der Waals surface area contributed by atoms with Gasteiger partial charge in [-0.3, -0.25) is 9.52 Å². The van der Waals surface area contributed by atoms with E-state index in [-0.39, 0.29) is 11.7 Å². The van der Waals surface area contributed by atoms with E-state index in [9.17, 15) is 13.2 Å². The fraction of sp³-hybridized carbons (Fsp3) is 0.417. The number of carbonyl (C=O) groups excluding carboxylic acids is 1. The molecule has 0 aliphatic heterocycles. The molecule has 0 spiro atoms. The van der Waals surface area contributed by atoms with Crippen LogP contribution in [0.2, 0.25) is 0 Å². The maximum atomic E-state index is 11.9. The molecule has 0 aromatic heterocycles. The molecule has 1 fully saturated rings. The van der Waals surface area contributed by atoms with Gasteiger partial charge < -0.3 is 0 Å². The number of nitrogens with one attached hydrogen (secondary N) is 1. The Labute approximate surface area is 101 Å². The average molecular weight is 253 g/mol. The molecule has 1 aliphatic rings. The molecule has 0 heterocycles. The quantitative estimate of drug-likeness (QED) is 0.835. The smallest absolute Gasteiger partial charge is 0.229 e. The minimum Gasteiger partial charge on any atom is -0.294 e. The molecule has 0 saturated heterocycles. The van der Waals surface area contributed by atoms with Crippen LogP contribution in [-0.4, -0.2) is 20.5 Å². The zero-order valence-electron chi connectivity index (χ0n) is 9.64. The molecule has 0 radical (unpaired) electrons. The summed E-state index contributed by atoms with van der Waals surface area (Å²) in [4.78, 5) is 11.9. The van der Waals surface area contributed by atoms with Crippen molar-refractivity contribution in [3.8, 4) is 0 Å². The number of sulfonamides is 1. The number of hydrogen-bond donors (Lipinski definition) is 1. The largest absolute Gasteiger partial charge is 0.294 e. The number of carbonyl (C=O) groups is 1. The van der Waals surface area contributed by atoms with Crippen LogP contribution in [0.4, 0.5) is 5.69 Å². The van der Waals surface area contributed by atoms with Gasteiger partial charge in [-0.1, -0.05) is 6.42 Å². The van der Waals surface area contributed by atoms with Crippen LogP contribution in [-0.2, 0) is 10.0 Å². The van der Waals surface area contributed by atoms with Crippen LogP contribution in [0.15, 0.2) is 24.3 Å². The number of Topliss-reactive ketones (excluding diaryl/α,β-unsaturated/α-hetero) is 1. The SMILES string of the molecule is CS(=O)(=O)Nc1ccc(C(=O)C2CCC2)cc1. The van der Waals surface area contributed by atoms with Crippen LogP contribution >= 0.6 is 0 Å². The summed E-state index contributed by atoms with van der Waals surface area (Å²) >= 11 is 0. The van der Waals surface area contributed by atoms with Crippen molar-refractivity contribution in [3.63, 3.8) is 0 Å². The molecule has 1 N–H and O–H groups in total. The van der Waals surface area contributed by atoms with Gasteiger partial charge in [-0.2, -0.15) is 0 Å². The van der Waals surface area contributed by atoms with Crippen molar-refractivity contribution >= 4 is 21.5 Å². The Hall–Kier alpha value is -1.36. The van der Waals surface area contributed by atoms with Crippen molar-refractivity contribution in [3.05, 3.63) is 29.8 Å². The molecule has 92 valence electrons. The second-order valence-electron chi connectivity index (χ2n) is 4.44. The molecule has 5 heteroatoms. The van der Waals surface area contributed by atoms with Gasteiger partial charge >= 0.3 is 0 Å². The highest BCUT2D eigenvalue weighted by molar-refractivity contribution is 7.92. The first-order valence-corrected chi connectivity index (χ1v) is 7.47. The van der Waals surface area contributed by atoms with E-state index in [1.165, 1.54) is 0 Å². The molecule has 0 atom stereocenters. The van der Waals surface area contributed by atoms with Crippen molar-refractivity contribution in [2.45, 2.75) is 19.3 Å². The summed E-state index contributed by atoms with van der Waals surface area (Å²) in [5, 5.41) is 0. The Balaban J connectivity index is 2.09. The van der Waals surface area contributed by atoms with E-state index < -0.39 is 10.0 Å². The maximum absolute atomic E-state index is 11.9. The van der Waals surface area contributed by atoms with Gasteiger partial charge in [0.2, 0.25) is 10.0 Å². The number of hydrogen-bond acceptors (Lipinski definition) is 3. The minimum atomic E-state index is -3.26. The summed E-state index contributed by atoms with van der Waals surface area (Å²) < 4.78 is 24.4. The molecule has 1 aromatic carbocycles. The molecule has 0 amide bonds. The molecule has 1 aliphatic carbocycles. The fourth-order valence-electron chi connectivity index (χ4n) is 1.82. The lowest BCUT2D eigenvalue weighted by molar-refractivity contribution is 0.0855. The van der Waals surface area contributed by atoms with Crippen LogP contribution in [0.3, 0.4) is 0 Å². The van der Waals surface area contributed by atoms with Gasteiger partial charge in [0.15, 0.2) is 5.78 Å². The van der Waals surface area contributed by atoms with Crippen LogP contribution < -0.4 is 4.72 Å². The normalized spacial score (nSPS) is 16.3. The van der Waals surface area contributed by atoms with Crippen molar-refractivity contribution in [1.29, 1.82) is 0 Å². The highest BCUT2D eigenvalue weighted by atomic mass is 32.2. The Kier molecular flexibility index (Phi) is 3.19. The highest BCUT2D eigenvalue weighted by Crippen LogP contribution is 2.30. The third-order valence-corrected chi connectivity index (χ3v) is 3.56. The fourth-order valence-corrected chi connectivity index (χ4v) is 2.39. The third kappa shape index (κ3) is 3.06. The number of ketones is 1. The van der Waals surface area contributed by atoms with Crippen LogP contribution in [0.25, 0.3) is 0 Å². The van der Waals surface area contributed by atoms with Crippen molar-refractivity contribution in [2.24, 2.45) is 5.92 Å². The van der Waals surface area contributed by atoms with E-state index in [4.69, 9.17) is 0 Å². The Morgan fingerprint density at radius 3 is 2.24 bits per heavy atom. The standard InChI is InChI=1S/C12H15NO3S/c1-17(15,16)13-11-7-5-10(6-8-11)12(14)9-3-2-4-9/h5-9,13H,2-4H2,1H3. The lowest BCUT2D eigenvalue weighted by atomic mass is 9.80. The van der Waals surface area contributed by atoms with E-state index in [0.29, 0.717) is 11.3 Å². The summed E-state index contributed by atoms with van der Waals surface area (Å²) in [6.45, 7) is 0. The van der Waals surface area contributed by atoms with Crippen molar-refractivity contribution < 1.29 is 13.2 Å². The summed E-state index contributed by atoms with van der Waals surface area (Å²) in [5.74, 6) is 0.339. The second kappa shape index (κ2) is 4.49. The first-order chi connectivity index (χ1) is 7.96. The summed E-state index contributed by atoms with van der Waals surface area (Å²) in [5.41, 5.74) is 1.14. The third-order valence-electron chi connectivity index (χ3n) is 2.95. The predicted molar refractivity (Wildman–Crippen MR) is 66.6 cm³/mol. The molecule has 4 nitrogen and oxygen atoms in total. The van der Waals surface area contributed by atoms with Crippen molar-refractivity contribution in [2.75, 3.05) is 11.0 Å². The van der Waals surface area contributed by atoms with Gasteiger partial charge in [-0.05, 0) is 37.1 Å².